The van der Waals surface area contributed by atoms with Crippen molar-refractivity contribution in [1.29, 1.82) is 0 Å². The molecule has 0 atom stereocenters. The van der Waals surface area contributed by atoms with Gasteiger partial charge >= 0.3 is 292 Å². The fraction of sp³-hybridized carbons (Fsp3) is 0.625. The zero-order valence-corrected chi connectivity index (χ0v) is 32.3. The van der Waals surface area contributed by atoms with Gasteiger partial charge in [0.05, 0.1) is 0 Å². The zero-order chi connectivity index (χ0) is 36.8. The van der Waals surface area contributed by atoms with E-state index in [2.05, 4.69) is 18.6 Å². The Morgan fingerprint density at radius 2 is 0.959 bits per heavy atom. The number of unbranched alkanes of at least 4 members (excludes halogenated alkanes) is 10. The molecule has 0 saturated carbocycles. The van der Waals surface area contributed by atoms with Crippen LogP contribution in [0.1, 0.15) is 90.9 Å². The maximum atomic E-state index is 14.8. The van der Waals surface area contributed by atoms with Crippen LogP contribution >= 0.6 is 42.8 Å². The Hall–Kier alpha value is -1.19. The van der Waals surface area contributed by atoms with E-state index in [0.29, 0.717) is 24.7 Å². The summed E-state index contributed by atoms with van der Waals surface area (Å²) in [5.74, 6) is 0.725. The van der Waals surface area contributed by atoms with Gasteiger partial charge in [-0.3, -0.25) is 0 Å². The van der Waals surface area contributed by atoms with E-state index in [9.17, 15) is 43.5 Å². The van der Waals surface area contributed by atoms with Gasteiger partial charge in [-0.25, -0.2) is 0 Å². The standard InChI is InChI=1S/C32H42F8I2O6S/c1-3-5-7-9-11-13-23-45-27-19-15-25(16-20-27)42(26-17-21-28(22-18-26)46-24-14-12-10-8-6-4-2)48-49(43,44)32(39,40)31(37,38)47-30(35,36)29(33,34)41/h15-22H,3-14,23-24H2,1-2H3. The van der Waals surface area contributed by atoms with E-state index in [1.165, 1.54) is 48.5 Å². The number of halogens is 10. The fourth-order valence-electron chi connectivity index (χ4n) is 4.18. The summed E-state index contributed by atoms with van der Waals surface area (Å²) in [6, 6.07) is 10.9. The van der Waals surface area contributed by atoms with E-state index in [4.69, 9.17) is 12.0 Å². The van der Waals surface area contributed by atoms with E-state index in [-0.39, 0.29) is 29.7 Å². The predicted octanol–water partition coefficient (Wildman–Crippen LogP) is 11.8. The molecule has 0 radical (unpaired) electrons. The van der Waals surface area contributed by atoms with Gasteiger partial charge in [0.15, 0.2) is 0 Å². The minimum atomic E-state index is -6.79. The Morgan fingerprint density at radius 1 is 0.592 bits per heavy atom. The molecule has 49 heavy (non-hydrogen) atoms. The van der Waals surface area contributed by atoms with Crippen LogP contribution in [-0.4, -0.2) is 43.0 Å². The zero-order valence-electron chi connectivity index (χ0n) is 27.2. The Labute approximate surface area is 304 Å². The third kappa shape index (κ3) is 13.7. The Balaban J connectivity index is 2.29. The van der Waals surface area contributed by atoms with Crippen molar-refractivity contribution < 1.29 is 60.3 Å². The number of rotatable bonds is 25. The molecule has 0 fully saturated rings. The Morgan fingerprint density at radius 3 is 1.33 bits per heavy atom. The molecule has 0 heterocycles. The average molecular weight is 961 g/mol. The van der Waals surface area contributed by atoms with Gasteiger partial charge in [-0.2, -0.15) is 0 Å². The number of hydrogen-bond donors (Lipinski definition) is 0. The summed E-state index contributed by atoms with van der Waals surface area (Å²) in [6.45, 7) is 4.97. The number of alkyl halides is 9. The second-order valence-electron chi connectivity index (χ2n) is 11.1. The number of benzene rings is 2. The second-order valence-corrected chi connectivity index (χ2v) is 18.9. The molecule has 0 bridgehead atoms. The maximum absolute atomic E-state index is 14.8. The van der Waals surface area contributed by atoms with Crippen molar-refractivity contribution in [2.24, 2.45) is 0 Å². The van der Waals surface area contributed by atoms with Crippen LogP contribution in [0.2, 0.25) is 0 Å². The van der Waals surface area contributed by atoms with Crippen molar-refractivity contribution in [2.45, 2.75) is 112 Å². The normalized spacial score (nSPS) is 13.4. The van der Waals surface area contributed by atoms with Crippen LogP contribution in [0.25, 0.3) is 0 Å². The van der Waals surface area contributed by atoms with Crippen molar-refractivity contribution in [3.05, 3.63) is 55.7 Å². The Kier molecular flexibility index (Phi) is 18.1. The summed E-state index contributed by atoms with van der Waals surface area (Å²) in [7, 11) is -6.79. The van der Waals surface area contributed by atoms with E-state index >= 15 is 0 Å². The Bertz CT molecular complexity index is 1280. The third-order valence-electron chi connectivity index (χ3n) is 6.94. The van der Waals surface area contributed by atoms with Gasteiger partial charge in [-0.1, -0.05) is 13.8 Å². The van der Waals surface area contributed by atoms with Gasteiger partial charge in [0.1, 0.15) is 0 Å². The number of hydrogen-bond acceptors (Lipinski definition) is 6. The molecule has 0 saturated heterocycles. The molecular formula is C32H42F8I2O6S. The SMILES string of the molecule is CCCCCCCCOc1ccc(I(OS(=O)(=O)C(F)(F)C(F)(F)OC(F)(F)C(F)(F)I)c2ccc(OCCCCCCCC)cc2)cc1. The molecule has 6 nitrogen and oxygen atoms in total. The first-order chi connectivity index (χ1) is 22.9. The molecule has 0 aliphatic heterocycles. The number of ether oxygens (including phenoxy) is 3. The van der Waals surface area contributed by atoms with Crippen molar-refractivity contribution in [1.82, 2.24) is 0 Å². The van der Waals surface area contributed by atoms with E-state index in [0.717, 1.165) is 77.0 Å². The average Bonchev–Trinajstić information content (AvgIpc) is 3.02. The quantitative estimate of drug-likeness (QED) is 0.0427. The molecule has 2 aromatic carbocycles. The van der Waals surface area contributed by atoms with Crippen LogP contribution in [-0.2, 0) is 17.4 Å². The second kappa shape index (κ2) is 20.2. The predicted molar refractivity (Wildman–Crippen MR) is 187 cm³/mol. The summed E-state index contributed by atoms with van der Waals surface area (Å²) >= 11 is -4.42. The summed E-state index contributed by atoms with van der Waals surface area (Å²) < 4.78 is 150. The molecule has 0 amide bonds. The molecule has 2 aromatic rings. The molecule has 0 N–H and O–H groups in total. The topological polar surface area (TPSA) is 71.1 Å². The van der Waals surface area contributed by atoms with Crippen LogP contribution in [0.5, 0.6) is 11.5 Å². The molecule has 0 spiro atoms. The van der Waals surface area contributed by atoms with E-state index in [1.54, 1.807) is 0 Å². The molecule has 0 aromatic heterocycles. The van der Waals surface area contributed by atoms with E-state index < -0.39 is 51.8 Å². The first kappa shape index (κ1) is 44.0. The summed E-state index contributed by atoms with van der Waals surface area (Å²) in [5.41, 5.74) is 0. The van der Waals surface area contributed by atoms with Crippen LogP contribution in [0.15, 0.2) is 48.5 Å². The first-order valence-corrected chi connectivity index (χ1v) is 21.4. The van der Waals surface area contributed by atoms with Gasteiger partial charge in [-0.15, -0.1) is 0 Å². The van der Waals surface area contributed by atoms with Gasteiger partial charge in [0.2, 0.25) is 0 Å². The van der Waals surface area contributed by atoms with E-state index in [1.807, 2.05) is 0 Å². The van der Waals surface area contributed by atoms with Gasteiger partial charge in [0.25, 0.3) is 0 Å². The van der Waals surface area contributed by atoms with Crippen LogP contribution in [0.3, 0.4) is 0 Å². The van der Waals surface area contributed by atoms with Crippen molar-refractivity contribution >= 4 is 52.9 Å². The monoisotopic (exact) mass is 960 g/mol. The summed E-state index contributed by atoms with van der Waals surface area (Å²) in [4.78, 5) is 0. The summed E-state index contributed by atoms with van der Waals surface area (Å²) in [6.07, 6.45) is -0.543. The molecule has 0 aliphatic carbocycles. The van der Waals surface area contributed by atoms with Crippen molar-refractivity contribution in [3.8, 4) is 11.5 Å². The summed E-state index contributed by atoms with van der Waals surface area (Å²) in [5, 5.41) is -6.50. The third-order valence-corrected chi connectivity index (χ3v) is 14.9. The van der Waals surface area contributed by atoms with Gasteiger partial charge in [0, 0.05) is 0 Å². The van der Waals surface area contributed by atoms with Crippen LogP contribution in [0.4, 0.5) is 35.1 Å². The molecule has 0 aliphatic rings. The molecule has 2 rings (SSSR count). The molecule has 282 valence electrons. The molecular weight excluding hydrogens is 918 g/mol. The molecule has 17 heteroatoms. The van der Waals surface area contributed by atoms with Crippen LogP contribution < -0.4 is 9.47 Å². The first-order valence-electron chi connectivity index (χ1n) is 15.9. The molecule has 0 unspecified atom stereocenters. The van der Waals surface area contributed by atoms with Crippen LogP contribution in [0, 0.1) is 7.14 Å². The van der Waals surface area contributed by atoms with Gasteiger partial charge in [-0.05, 0) is 0 Å². The van der Waals surface area contributed by atoms with Crippen molar-refractivity contribution in [2.75, 3.05) is 13.2 Å². The van der Waals surface area contributed by atoms with Crippen molar-refractivity contribution in [3.63, 3.8) is 0 Å². The van der Waals surface area contributed by atoms with Gasteiger partial charge < -0.3 is 0 Å². The minimum absolute atomic E-state index is 0.0320. The fourth-order valence-corrected chi connectivity index (χ4v) is 11.1.